The summed E-state index contributed by atoms with van der Waals surface area (Å²) >= 11 is 0. The van der Waals surface area contributed by atoms with Crippen LogP contribution >= 0.6 is 0 Å². The molecule has 6 heteroatoms. The van der Waals surface area contributed by atoms with Gasteiger partial charge in [0.15, 0.2) is 5.96 Å². The van der Waals surface area contributed by atoms with E-state index in [-0.39, 0.29) is 5.82 Å². The van der Waals surface area contributed by atoms with E-state index in [1.54, 1.807) is 6.20 Å². The minimum Gasteiger partial charge on any atom is -0.370 e. The molecule has 0 aliphatic carbocycles. The van der Waals surface area contributed by atoms with Crippen molar-refractivity contribution in [3.8, 4) is 0 Å². The molecule has 0 aromatic carbocycles. The summed E-state index contributed by atoms with van der Waals surface area (Å²) in [5.74, 6) is 0.172. The standard InChI is InChI=1S/C13H20FN5/c1-13(10-6-11(14)8-16-7-10)9-17-12(15)19(13)5-4-18(2)3/h6-8H,4-5,9H2,1-3H3,(H2,15,17). The second-order valence-electron chi connectivity index (χ2n) is 5.30. The van der Waals surface area contributed by atoms with Crippen molar-refractivity contribution in [1.29, 1.82) is 0 Å². The number of hydrogen-bond acceptors (Lipinski definition) is 5. The van der Waals surface area contributed by atoms with Gasteiger partial charge in [0, 0.05) is 24.8 Å². The normalized spacial score (nSPS) is 23.0. The van der Waals surface area contributed by atoms with E-state index in [9.17, 15) is 4.39 Å². The lowest BCUT2D eigenvalue weighted by atomic mass is 9.92. The number of aliphatic imine (C=N–C) groups is 1. The van der Waals surface area contributed by atoms with Crippen LogP contribution < -0.4 is 5.73 Å². The van der Waals surface area contributed by atoms with Crippen molar-refractivity contribution in [2.75, 3.05) is 33.7 Å². The topological polar surface area (TPSA) is 57.8 Å². The maximum absolute atomic E-state index is 13.4. The molecule has 1 aliphatic heterocycles. The molecule has 19 heavy (non-hydrogen) atoms. The third-order valence-electron chi connectivity index (χ3n) is 3.52. The van der Waals surface area contributed by atoms with Gasteiger partial charge in [-0.1, -0.05) is 0 Å². The maximum Gasteiger partial charge on any atom is 0.192 e. The zero-order valence-electron chi connectivity index (χ0n) is 11.6. The molecule has 0 amide bonds. The first kappa shape index (κ1) is 13.7. The second-order valence-corrected chi connectivity index (χ2v) is 5.30. The van der Waals surface area contributed by atoms with E-state index in [0.29, 0.717) is 12.5 Å². The molecule has 2 heterocycles. The molecular weight excluding hydrogens is 245 g/mol. The molecule has 1 unspecified atom stereocenters. The van der Waals surface area contributed by atoms with Gasteiger partial charge in [0.2, 0.25) is 0 Å². The maximum atomic E-state index is 13.4. The van der Waals surface area contributed by atoms with Gasteiger partial charge in [0.1, 0.15) is 5.82 Å². The number of hydrogen-bond donors (Lipinski definition) is 1. The summed E-state index contributed by atoms with van der Waals surface area (Å²) in [4.78, 5) is 12.3. The summed E-state index contributed by atoms with van der Waals surface area (Å²) in [7, 11) is 4.01. The van der Waals surface area contributed by atoms with Crippen LogP contribution in [0.25, 0.3) is 0 Å². The van der Waals surface area contributed by atoms with E-state index in [1.165, 1.54) is 12.3 Å². The lowest BCUT2D eigenvalue weighted by Gasteiger charge is -2.37. The highest BCUT2D eigenvalue weighted by Gasteiger charge is 2.39. The SMILES string of the molecule is CN(C)CCN1C(N)=NCC1(C)c1cncc(F)c1. The molecule has 1 aliphatic rings. The summed E-state index contributed by atoms with van der Waals surface area (Å²) in [5.41, 5.74) is 6.34. The Morgan fingerprint density at radius 2 is 2.21 bits per heavy atom. The van der Waals surface area contributed by atoms with Crippen molar-refractivity contribution in [1.82, 2.24) is 14.8 Å². The fourth-order valence-corrected chi connectivity index (χ4v) is 2.27. The summed E-state index contributed by atoms with van der Waals surface area (Å²) in [6.45, 7) is 4.14. The third-order valence-corrected chi connectivity index (χ3v) is 3.52. The summed E-state index contributed by atoms with van der Waals surface area (Å²) in [6, 6.07) is 1.50. The molecule has 0 saturated carbocycles. The van der Waals surface area contributed by atoms with Gasteiger partial charge in [-0.2, -0.15) is 0 Å². The smallest absolute Gasteiger partial charge is 0.192 e. The van der Waals surface area contributed by atoms with E-state index < -0.39 is 5.54 Å². The molecule has 0 bridgehead atoms. The van der Waals surface area contributed by atoms with Crippen molar-refractivity contribution in [2.45, 2.75) is 12.5 Å². The predicted molar refractivity (Wildman–Crippen MR) is 73.3 cm³/mol. The number of nitrogens with zero attached hydrogens (tertiary/aromatic N) is 4. The van der Waals surface area contributed by atoms with Crippen molar-refractivity contribution >= 4 is 5.96 Å². The van der Waals surface area contributed by atoms with Gasteiger partial charge in [-0.3, -0.25) is 9.98 Å². The van der Waals surface area contributed by atoms with E-state index >= 15 is 0 Å². The number of guanidine groups is 1. The Morgan fingerprint density at radius 1 is 1.47 bits per heavy atom. The quantitative estimate of drug-likeness (QED) is 0.867. The van der Waals surface area contributed by atoms with Gasteiger partial charge in [-0.05, 0) is 27.1 Å². The van der Waals surface area contributed by atoms with Crippen LogP contribution in [-0.4, -0.2) is 54.5 Å². The molecule has 0 fully saturated rings. The first-order chi connectivity index (χ1) is 8.93. The van der Waals surface area contributed by atoms with Crippen molar-refractivity contribution in [3.05, 3.63) is 29.8 Å². The Morgan fingerprint density at radius 3 is 2.84 bits per heavy atom. The first-order valence-electron chi connectivity index (χ1n) is 6.27. The predicted octanol–water partition coefficient (Wildman–Crippen LogP) is 0.628. The molecule has 1 aromatic heterocycles. The van der Waals surface area contributed by atoms with E-state index in [2.05, 4.69) is 14.9 Å². The van der Waals surface area contributed by atoms with Gasteiger partial charge in [0.05, 0.1) is 18.3 Å². The second kappa shape index (κ2) is 5.13. The molecule has 5 nitrogen and oxygen atoms in total. The zero-order valence-corrected chi connectivity index (χ0v) is 11.6. The molecule has 1 aromatic rings. The van der Waals surface area contributed by atoms with Crippen LogP contribution in [0.4, 0.5) is 4.39 Å². The fourth-order valence-electron chi connectivity index (χ4n) is 2.27. The number of aromatic nitrogens is 1. The molecule has 1 atom stereocenters. The van der Waals surface area contributed by atoms with Crippen LogP contribution in [0, 0.1) is 5.82 Å². The summed E-state index contributed by atoms with van der Waals surface area (Å²) < 4.78 is 13.4. The van der Waals surface area contributed by atoms with Crippen LogP contribution in [-0.2, 0) is 5.54 Å². The largest absolute Gasteiger partial charge is 0.370 e. The average Bonchev–Trinajstić information content (AvgIpc) is 2.64. The number of likely N-dealkylation sites (N-methyl/N-ethyl adjacent to an activating group) is 1. The van der Waals surface area contributed by atoms with Crippen LogP contribution in [0.1, 0.15) is 12.5 Å². The molecular formula is C13H20FN5. The molecule has 2 rings (SSSR count). The fraction of sp³-hybridized carbons (Fsp3) is 0.538. The minimum absolute atomic E-state index is 0.336. The lowest BCUT2D eigenvalue weighted by molar-refractivity contribution is 0.204. The van der Waals surface area contributed by atoms with Crippen LogP contribution in [0.3, 0.4) is 0 Å². The summed E-state index contributed by atoms with van der Waals surface area (Å²) in [5, 5.41) is 0. The number of halogens is 1. The number of pyridine rings is 1. The molecule has 104 valence electrons. The van der Waals surface area contributed by atoms with Crippen molar-refractivity contribution in [2.24, 2.45) is 10.7 Å². The zero-order chi connectivity index (χ0) is 14.0. The highest BCUT2D eigenvalue weighted by Crippen LogP contribution is 2.32. The van der Waals surface area contributed by atoms with Gasteiger partial charge >= 0.3 is 0 Å². The summed E-state index contributed by atoms with van der Waals surface area (Å²) in [6.07, 6.45) is 2.88. The van der Waals surface area contributed by atoms with Crippen molar-refractivity contribution < 1.29 is 4.39 Å². The lowest BCUT2D eigenvalue weighted by Crippen LogP contribution is -2.49. The van der Waals surface area contributed by atoms with Crippen molar-refractivity contribution in [3.63, 3.8) is 0 Å². The van der Waals surface area contributed by atoms with E-state index in [0.717, 1.165) is 18.7 Å². The monoisotopic (exact) mass is 265 g/mol. The van der Waals surface area contributed by atoms with Gasteiger partial charge in [-0.25, -0.2) is 4.39 Å². The third kappa shape index (κ3) is 2.68. The van der Waals surface area contributed by atoms with E-state index in [4.69, 9.17) is 5.73 Å². The first-order valence-corrected chi connectivity index (χ1v) is 6.27. The Balaban J connectivity index is 2.26. The van der Waals surface area contributed by atoms with Gasteiger partial charge in [0.25, 0.3) is 0 Å². The Bertz CT molecular complexity index is 488. The molecule has 2 N–H and O–H groups in total. The van der Waals surface area contributed by atoms with Crippen LogP contribution in [0.5, 0.6) is 0 Å². The number of nitrogens with two attached hydrogens (primary N) is 1. The highest BCUT2D eigenvalue weighted by molar-refractivity contribution is 5.81. The number of rotatable bonds is 4. The Kier molecular flexibility index (Phi) is 3.71. The van der Waals surface area contributed by atoms with Gasteiger partial charge in [-0.15, -0.1) is 0 Å². The Hall–Kier alpha value is -1.69. The minimum atomic E-state index is -0.421. The van der Waals surface area contributed by atoms with Gasteiger partial charge < -0.3 is 15.5 Å². The average molecular weight is 265 g/mol. The van der Waals surface area contributed by atoms with E-state index in [1.807, 2.05) is 25.9 Å². The molecule has 0 radical (unpaired) electrons. The molecule has 0 saturated heterocycles. The Labute approximate surface area is 112 Å². The highest BCUT2D eigenvalue weighted by atomic mass is 19.1. The molecule has 0 spiro atoms. The van der Waals surface area contributed by atoms with Crippen LogP contribution in [0.15, 0.2) is 23.5 Å². The van der Waals surface area contributed by atoms with Crippen LogP contribution in [0.2, 0.25) is 0 Å².